The van der Waals surface area contributed by atoms with Crippen LogP contribution >= 0.6 is 0 Å². The largest absolute Gasteiger partial charge is 0.497 e. The van der Waals surface area contributed by atoms with E-state index in [1.807, 2.05) is 67.6 Å². The maximum absolute atomic E-state index is 12.5. The molecule has 0 aliphatic heterocycles. The second-order valence-electron chi connectivity index (χ2n) is 5.45. The summed E-state index contributed by atoms with van der Waals surface area (Å²) in [6.07, 6.45) is 1.61. The molecule has 1 amide bonds. The quantitative estimate of drug-likeness (QED) is 0.585. The minimum atomic E-state index is -0.214. The van der Waals surface area contributed by atoms with Gasteiger partial charge in [-0.05, 0) is 53.1 Å². The van der Waals surface area contributed by atoms with Crippen LogP contribution in [0.25, 0.3) is 10.8 Å². The molecule has 24 heavy (non-hydrogen) atoms. The molecule has 0 aliphatic rings. The van der Waals surface area contributed by atoms with Crippen molar-refractivity contribution in [1.82, 2.24) is 5.43 Å². The van der Waals surface area contributed by atoms with Crippen LogP contribution in [0.5, 0.6) is 5.75 Å². The van der Waals surface area contributed by atoms with Gasteiger partial charge in [-0.3, -0.25) is 4.79 Å². The first-order valence-corrected chi connectivity index (χ1v) is 7.65. The number of methoxy groups -OCH3 is 1. The third kappa shape index (κ3) is 3.27. The average molecular weight is 318 g/mol. The second-order valence-corrected chi connectivity index (χ2v) is 5.45. The summed E-state index contributed by atoms with van der Waals surface area (Å²) in [5, 5.41) is 6.02. The van der Waals surface area contributed by atoms with Gasteiger partial charge in [-0.2, -0.15) is 5.10 Å². The number of rotatable bonds is 4. The van der Waals surface area contributed by atoms with E-state index in [9.17, 15) is 4.79 Å². The lowest BCUT2D eigenvalue weighted by Crippen LogP contribution is -2.19. The highest BCUT2D eigenvalue weighted by molar-refractivity contribution is 6.08. The summed E-state index contributed by atoms with van der Waals surface area (Å²) in [4.78, 5) is 12.5. The van der Waals surface area contributed by atoms with Gasteiger partial charge in [0.05, 0.1) is 18.9 Å². The average Bonchev–Trinajstić information content (AvgIpc) is 2.62. The molecule has 0 bridgehead atoms. The van der Waals surface area contributed by atoms with Crippen molar-refractivity contribution in [3.8, 4) is 5.75 Å². The van der Waals surface area contributed by atoms with Gasteiger partial charge < -0.3 is 4.74 Å². The number of carbonyl (C=O) groups is 1. The van der Waals surface area contributed by atoms with Crippen LogP contribution in [-0.2, 0) is 0 Å². The molecule has 0 aromatic heterocycles. The van der Waals surface area contributed by atoms with Gasteiger partial charge in [-0.25, -0.2) is 5.43 Å². The third-order valence-corrected chi connectivity index (χ3v) is 3.86. The SMILES string of the molecule is COc1ccc(/C=N\NC(=O)c2c(C)ccc3ccccc23)cc1. The lowest BCUT2D eigenvalue weighted by Gasteiger charge is -2.08. The number of nitrogens with zero attached hydrogens (tertiary/aromatic N) is 1. The van der Waals surface area contributed by atoms with E-state index in [1.165, 1.54) is 0 Å². The predicted octanol–water partition coefficient (Wildman–Crippen LogP) is 3.92. The highest BCUT2D eigenvalue weighted by Crippen LogP contribution is 2.22. The van der Waals surface area contributed by atoms with E-state index in [4.69, 9.17) is 4.74 Å². The molecule has 0 saturated carbocycles. The van der Waals surface area contributed by atoms with E-state index in [0.717, 1.165) is 27.6 Å². The van der Waals surface area contributed by atoms with Gasteiger partial charge in [0.25, 0.3) is 5.91 Å². The Labute approximate surface area is 140 Å². The van der Waals surface area contributed by atoms with E-state index in [1.54, 1.807) is 13.3 Å². The molecule has 1 N–H and O–H groups in total. The Kier molecular flexibility index (Phi) is 4.57. The van der Waals surface area contributed by atoms with Crippen molar-refractivity contribution in [2.75, 3.05) is 7.11 Å². The number of nitrogens with one attached hydrogen (secondary N) is 1. The molecule has 3 aromatic rings. The fourth-order valence-electron chi connectivity index (χ4n) is 2.59. The molecule has 3 aromatic carbocycles. The van der Waals surface area contributed by atoms with Crippen LogP contribution in [0.15, 0.2) is 65.8 Å². The molecule has 0 aliphatic carbocycles. The van der Waals surface area contributed by atoms with Crippen molar-refractivity contribution < 1.29 is 9.53 Å². The molecule has 0 unspecified atom stereocenters. The Balaban J connectivity index is 1.80. The normalized spacial score (nSPS) is 10.9. The molecule has 3 rings (SSSR count). The Hall–Kier alpha value is -3.14. The molecule has 0 spiro atoms. The molecular weight excluding hydrogens is 300 g/mol. The van der Waals surface area contributed by atoms with Crippen LogP contribution in [0.4, 0.5) is 0 Å². The highest BCUT2D eigenvalue weighted by atomic mass is 16.5. The predicted molar refractivity (Wildman–Crippen MR) is 96.7 cm³/mol. The minimum Gasteiger partial charge on any atom is -0.497 e. The Morgan fingerprint density at radius 3 is 2.54 bits per heavy atom. The molecule has 0 fully saturated rings. The zero-order valence-corrected chi connectivity index (χ0v) is 13.6. The lowest BCUT2D eigenvalue weighted by atomic mass is 9.99. The molecule has 0 heterocycles. The van der Waals surface area contributed by atoms with E-state index >= 15 is 0 Å². The number of fused-ring (bicyclic) bond motifs is 1. The molecule has 4 nitrogen and oxygen atoms in total. The minimum absolute atomic E-state index is 0.214. The second kappa shape index (κ2) is 6.96. The molecular formula is C20H18N2O2. The number of benzene rings is 3. The number of carbonyl (C=O) groups excluding carboxylic acids is 1. The van der Waals surface area contributed by atoms with Crippen molar-refractivity contribution in [3.05, 3.63) is 77.4 Å². The van der Waals surface area contributed by atoms with Crippen LogP contribution < -0.4 is 10.2 Å². The number of ether oxygens (including phenoxy) is 1. The monoisotopic (exact) mass is 318 g/mol. The first-order chi connectivity index (χ1) is 11.7. The maximum atomic E-state index is 12.5. The number of aryl methyl sites for hydroxylation is 1. The topological polar surface area (TPSA) is 50.7 Å². The number of hydrazone groups is 1. The summed E-state index contributed by atoms with van der Waals surface area (Å²) in [6.45, 7) is 1.93. The Morgan fingerprint density at radius 1 is 1.04 bits per heavy atom. The first-order valence-electron chi connectivity index (χ1n) is 7.65. The number of amides is 1. The highest BCUT2D eigenvalue weighted by Gasteiger charge is 2.12. The summed E-state index contributed by atoms with van der Waals surface area (Å²) in [7, 11) is 1.62. The van der Waals surface area contributed by atoms with Crippen LogP contribution in [0, 0.1) is 6.92 Å². The van der Waals surface area contributed by atoms with E-state index in [-0.39, 0.29) is 5.91 Å². The van der Waals surface area contributed by atoms with Crippen molar-refractivity contribution in [2.24, 2.45) is 5.10 Å². The van der Waals surface area contributed by atoms with Crippen molar-refractivity contribution in [3.63, 3.8) is 0 Å². The van der Waals surface area contributed by atoms with Gasteiger partial charge in [0.15, 0.2) is 0 Å². The standard InChI is InChI=1S/C20H18N2O2/c1-14-7-10-16-5-3-4-6-18(16)19(14)20(23)22-21-13-15-8-11-17(24-2)12-9-15/h3-13H,1-2H3,(H,22,23)/b21-13-. The Morgan fingerprint density at radius 2 is 1.79 bits per heavy atom. The zero-order valence-electron chi connectivity index (χ0n) is 13.6. The zero-order chi connectivity index (χ0) is 16.9. The van der Waals surface area contributed by atoms with E-state index in [0.29, 0.717) is 5.56 Å². The van der Waals surface area contributed by atoms with Crippen molar-refractivity contribution >= 4 is 22.9 Å². The molecule has 4 heteroatoms. The summed E-state index contributed by atoms with van der Waals surface area (Å²) in [5.41, 5.74) is 5.06. The molecule has 120 valence electrons. The van der Waals surface area contributed by atoms with Gasteiger partial charge in [0.2, 0.25) is 0 Å². The molecule has 0 atom stereocenters. The smallest absolute Gasteiger partial charge is 0.272 e. The first kappa shape index (κ1) is 15.7. The summed E-state index contributed by atoms with van der Waals surface area (Å²) >= 11 is 0. The molecule has 0 saturated heterocycles. The van der Waals surface area contributed by atoms with Crippen molar-refractivity contribution in [2.45, 2.75) is 6.92 Å². The van der Waals surface area contributed by atoms with E-state index in [2.05, 4.69) is 10.5 Å². The van der Waals surface area contributed by atoms with Crippen LogP contribution in [0.1, 0.15) is 21.5 Å². The van der Waals surface area contributed by atoms with Gasteiger partial charge >= 0.3 is 0 Å². The maximum Gasteiger partial charge on any atom is 0.272 e. The van der Waals surface area contributed by atoms with Crippen molar-refractivity contribution in [1.29, 1.82) is 0 Å². The van der Waals surface area contributed by atoms with Crippen LogP contribution in [-0.4, -0.2) is 19.2 Å². The Bertz CT molecular complexity index is 899. The summed E-state index contributed by atoms with van der Waals surface area (Å²) in [6, 6.07) is 19.2. The van der Waals surface area contributed by atoms with E-state index < -0.39 is 0 Å². The summed E-state index contributed by atoms with van der Waals surface area (Å²) < 4.78 is 5.11. The molecule has 0 radical (unpaired) electrons. The number of hydrogen-bond donors (Lipinski definition) is 1. The fraction of sp³-hybridized carbons (Fsp3) is 0.100. The van der Waals surface area contributed by atoms with Crippen LogP contribution in [0.3, 0.4) is 0 Å². The van der Waals surface area contributed by atoms with Crippen LogP contribution in [0.2, 0.25) is 0 Å². The fourth-order valence-corrected chi connectivity index (χ4v) is 2.59. The lowest BCUT2D eigenvalue weighted by molar-refractivity contribution is 0.0956. The van der Waals surface area contributed by atoms with Gasteiger partial charge in [-0.15, -0.1) is 0 Å². The summed E-state index contributed by atoms with van der Waals surface area (Å²) in [5.74, 6) is 0.566. The number of hydrogen-bond acceptors (Lipinski definition) is 3. The third-order valence-electron chi connectivity index (χ3n) is 3.86. The van der Waals surface area contributed by atoms with Gasteiger partial charge in [-0.1, -0.05) is 36.4 Å². The van der Waals surface area contributed by atoms with Gasteiger partial charge in [0.1, 0.15) is 5.75 Å². The van der Waals surface area contributed by atoms with Gasteiger partial charge in [0, 0.05) is 0 Å².